The number of hydrogen-bond donors (Lipinski definition) is 1. The average molecular weight is 235 g/mol. The number of hydrogen-bond acceptors (Lipinski definition) is 3. The van der Waals surface area contributed by atoms with Crippen LogP contribution in [0.25, 0.3) is 0 Å². The van der Waals surface area contributed by atoms with Gasteiger partial charge in [0.1, 0.15) is 0 Å². The van der Waals surface area contributed by atoms with Crippen molar-refractivity contribution in [3.05, 3.63) is 18.0 Å². The maximum atomic E-state index is 12.3. The third-order valence-corrected chi connectivity index (χ3v) is 3.71. The first-order valence-corrected chi connectivity index (χ1v) is 5.78. The Morgan fingerprint density at radius 3 is 2.71 bits per heavy atom. The van der Waals surface area contributed by atoms with Crippen LogP contribution in [0.5, 0.6) is 0 Å². The third-order valence-electron chi connectivity index (χ3n) is 3.71. The van der Waals surface area contributed by atoms with Gasteiger partial charge in [-0.1, -0.05) is 13.8 Å². The molecule has 1 aliphatic heterocycles. The van der Waals surface area contributed by atoms with E-state index in [4.69, 9.17) is 0 Å². The zero-order valence-corrected chi connectivity index (χ0v) is 10.4. The first kappa shape index (κ1) is 11.8. The van der Waals surface area contributed by atoms with Gasteiger partial charge >= 0.3 is 0 Å². The first-order valence-electron chi connectivity index (χ1n) is 5.78. The monoisotopic (exact) mass is 235 g/mol. The minimum atomic E-state index is -0.558. The van der Waals surface area contributed by atoms with Crippen LogP contribution in [0.15, 0.2) is 12.3 Å². The van der Waals surface area contributed by atoms with Crippen LogP contribution in [0.4, 0.5) is 0 Å². The number of H-pyrrole nitrogens is 1. The molecule has 2 amide bonds. The molecule has 0 saturated carbocycles. The molecule has 1 fully saturated rings. The minimum Gasteiger partial charge on any atom is -0.281 e. The van der Waals surface area contributed by atoms with Gasteiger partial charge in [0.05, 0.1) is 17.7 Å². The highest BCUT2D eigenvalue weighted by Gasteiger charge is 2.49. The van der Waals surface area contributed by atoms with Gasteiger partial charge in [-0.15, -0.1) is 0 Å². The lowest BCUT2D eigenvalue weighted by Gasteiger charge is -2.25. The summed E-state index contributed by atoms with van der Waals surface area (Å²) in [5.74, 6) is -0.0152. The molecule has 1 atom stereocenters. The summed E-state index contributed by atoms with van der Waals surface area (Å²) in [6, 6.07) is 1.77. The molecule has 2 rings (SSSR count). The molecule has 1 aliphatic rings. The van der Waals surface area contributed by atoms with Gasteiger partial charge in [0.2, 0.25) is 11.8 Å². The summed E-state index contributed by atoms with van der Waals surface area (Å²) in [6.07, 6.45) is 1.92. The number of carbonyl (C=O) groups is 2. The summed E-state index contributed by atoms with van der Waals surface area (Å²) in [5.41, 5.74) is 0.219. The van der Waals surface area contributed by atoms with E-state index in [1.54, 1.807) is 12.3 Å². The average Bonchev–Trinajstić information content (AvgIpc) is 2.82. The number of nitrogens with zero attached hydrogens (tertiary/aromatic N) is 2. The fraction of sp³-hybridized carbons (Fsp3) is 0.583. The highest BCUT2D eigenvalue weighted by Crippen LogP contribution is 2.39. The highest BCUT2D eigenvalue weighted by atomic mass is 16.2. The Kier molecular flexibility index (Phi) is 2.77. The largest absolute Gasteiger partial charge is 0.281 e. The summed E-state index contributed by atoms with van der Waals surface area (Å²) in [4.78, 5) is 25.5. The van der Waals surface area contributed by atoms with Crippen LogP contribution in [-0.4, -0.2) is 26.9 Å². The van der Waals surface area contributed by atoms with E-state index in [0.717, 1.165) is 5.69 Å². The Morgan fingerprint density at radius 1 is 1.53 bits per heavy atom. The van der Waals surface area contributed by atoms with Gasteiger partial charge in [-0.25, -0.2) is 0 Å². The molecule has 0 aliphatic carbocycles. The Balaban J connectivity index is 2.20. The summed E-state index contributed by atoms with van der Waals surface area (Å²) in [5, 5.41) is 6.58. The molecule has 1 aromatic heterocycles. The number of imide groups is 1. The van der Waals surface area contributed by atoms with Gasteiger partial charge in [-0.05, 0) is 18.9 Å². The van der Waals surface area contributed by atoms with Crippen LogP contribution in [0.2, 0.25) is 0 Å². The van der Waals surface area contributed by atoms with Crippen LogP contribution < -0.4 is 0 Å². The quantitative estimate of drug-likeness (QED) is 0.804. The molecule has 1 aromatic rings. The van der Waals surface area contributed by atoms with Gasteiger partial charge in [-0.3, -0.25) is 19.6 Å². The Hall–Kier alpha value is -1.65. The van der Waals surface area contributed by atoms with E-state index in [1.165, 1.54) is 4.90 Å². The highest BCUT2D eigenvalue weighted by molar-refractivity contribution is 6.05. The minimum absolute atomic E-state index is 0.0768. The lowest BCUT2D eigenvalue weighted by atomic mass is 9.78. The molecule has 5 heteroatoms. The zero-order chi connectivity index (χ0) is 12.6. The predicted octanol–water partition coefficient (Wildman–Crippen LogP) is 1.33. The van der Waals surface area contributed by atoms with Crippen LogP contribution >= 0.6 is 0 Å². The molecule has 0 bridgehead atoms. The predicted molar refractivity (Wildman–Crippen MR) is 61.7 cm³/mol. The standard InChI is InChI=1S/C12H17N3O2/c1-8(2)12(3)6-10(16)15(11(12)17)7-9-4-5-13-14-9/h4-5,8H,6-7H2,1-3H3,(H,13,14). The zero-order valence-electron chi connectivity index (χ0n) is 10.4. The molecule has 2 heterocycles. The number of carbonyl (C=O) groups excluding carboxylic acids is 2. The van der Waals surface area contributed by atoms with E-state index >= 15 is 0 Å². The normalized spacial score (nSPS) is 25.1. The lowest BCUT2D eigenvalue weighted by Crippen LogP contribution is -2.36. The Labute approximate surface area is 100 Å². The van der Waals surface area contributed by atoms with E-state index in [0.29, 0.717) is 13.0 Å². The smallest absolute Gasteiger partial charge is 0.236 e. The lowest BCUT2D eigenvalue weighted by molar-refractivity contribution is -0.142. The molecule has 0 spiro atoms. The second-order valence-corrected chi connectivity index (χ2v) is 5.12. The van der Waals surface area contributed by atoms with Crippen LogP contribution in [0.1, 0.15) is 32.9 Å². The SMILES string of the molecule is CC(C)C1(C)CC(=O)N(Cc2ccn[nH]2)C1=O. The molecule has 0 radical (unpaired) electrons. The number of likely N-dealkylation sites (tertiary alicyclic amines) is 1. The van der Waals surface area contributed by atoms with Crippen molar-refractivity contribution in [2.75, 3.05) is 0 Å². The third kappa shape index (κ3) is 1.85. The topological polar surface area (TPSA) is 66.1 Å². The molecule has 1 N–H and O–H groups in total. The number of nitrogens with one attached hydrogen (secondary N) is 1. The summed E-state index contributed by atoms with van der Waals surface area (Å²) in [6.45, 7) is 6.11. The van der Waals surface area contributed by atoms with Crippen molar-refractivity contribution >= 4 is 11.8 Å². The fourth-order valence-corrected chi connectivity index (χ4v) is 2.06. The molecular formula is C12H17N3O2. The molecule has 5 nitrogen and oxygen atoms in total. The molecular weight excluding hydrogens is 218 g/mol. The van der Waals surface area contributed by atoms with Crippen molar-refractivity contribution in [3.8, 4) is 0 Å². The first-order chi connectivity index (χ1) is 7.95. The van der Waals surface area contributed by atoms with Crippen molar-refractivity contribution in [3.63, 3.8) is 0 Å². The van der Waals surface area contributed by atoms with E-state index in [2.05, 4.69) is 10.2 Å². The van der Waals surface area contributed by atoms with Gasteiger partial charge in [0.25, 0.3) is 0 Å². The fourth-order valence-electron chi connectivity index (χ4n) is 2.06. The van der Waals surface area contributed by atoms with E-state index in [1.807, 2.05) is 20.8 Å². The second kappa shape index (κ2) is 3.98. The van der Waals surface area contributed by atoms with Gasteiger partial charge in [0.15, 0.2) is 0 Å². The van der Waals surface area contributed by atoms with E-state index in [9.17, 15) is 9.59 Å². The van der Waals surface area contributed by atoms with Crippen molar-refractivity contribution in [2.24, 2.45) is 11.3 Å². The van der Waals surface area contributed by atoms with Crippen molar-refractivity contribution in [2.45, 2.75) is 33.7 Å². The van der Waals surface area contributed by atoms with Gasteiger partial charge < -0.3 is 0 Å². The van der Waals surface area contributed by atoms with Crippen LogP contribution in [0, 0.1) is 11.3 Å². The van der Waals surface area contributed by atoms with Crippen LogP contribution in [0.3, 0.4) is 0 Å². The number of amides is 2. The maximum absolute atomic E-state index is 12.3. The van der Waals surface area contributed by atoms with Crippen molar-refractivity contribution in [1.29, 1.82) is 0 Å². The summed E-state index contributed by atoms with van der Waals surface area (Å²) < 4.78 is 0. The van der Waals surface area contributed by atoms with Gasteiger partial charge in [-0.2, -0.15) is 5.10 Å². The van der Waals surface area contributed by atoms with Crippen LogP contribution in [-0.2, 0) is 16.1 Å². The second-order valence-electron chi connectivity index (χ2n) is 5.12. The molecule has 1 unspecified atom stereocenters. The molecule has 17 heavy (non-hydrogen) atoms. The van der Waals surface area contributed by atoms with Crippen molar-refractivity contribution < 1.29 is 9.59 Å². The Bertz CT molecular complexity index is 439. The van der Waals surface area contributed by atoms with Gasteiger partial charge in [0, 0.05) is 12.6 Å². The number of aromatic amines is 1. The molecule has 92 valence electrons. The van der Waals surface area contributed by atoms with Crippen molar-refractivity contribution in [1.82, 2.24) is 15.1 Å². The summed E-state index contributed by atoms with van der Waals surface area (Å²) >= 11 is 0. The van der Waals surface area contributed by atoms with E-state index < -0.39 is 5.41 Å². The molecule has 0 aromatic carbocycles. The number of aromatic nitrogens is 2. The maximum Gasteiger partial charge on any atom is 0.236 e. The number of rotatable bonds is 3. The molecule has 1 saturated heterocycles. The van der Waals surface area contributed by atoms with E-state index in [-0.39, 0.29) is 17.7 Å². The summed E-state index contributed by atoms with van der Waals surface area (Å²) in [7, 11) is 0. The Morgan fingerprint density at radius 2 is 2.24 bits per heavy atom.